The van der Waals surface area contributed by atoms with Crippen LogP contribution in [-0.2, 0) is 23.2 Å². The van der Waals surface area contributed by atoms with Crippen LogP contribution in [0.1, 0.15) is 89.7 Å². The second kappa shape index (κ2) is 15.9. The molecular formula is C47H51FN9O5P. The van der Waals surface area contributed by atoms with Crippen LogP contribution in [0.2, 0.25) is 0 Å². The van der Waals surface area contributed by atoms with Crippen LogP contribution in [0.5, 0.6) is 0 Å². The first kappa shape index (κ1) is 41.0. The van der Waals surface area contributed by atoms with E-state index in [1.807, 2.05) is 34.7 Å². The Hall–Kier alpha value is -6.05. The third-order valence-corrected chi connectivity index (χ3v) is 16.0. The number of nitrogens with one attached hydrogen (secondary N) is 2. The molecule has 7 aromatic rings. The van der Waals surface area contributed by atoms with E-state index in [9.17, 15) is 9.59 Å². The zero-order valence-electron chi connectivity index (χ0n) is 36.2. The van der Waals surface area contributed by atoms with Crippen molar-refractivity contribution in [1.82, 2.24) is 38.5 Å². The highest BCUT2D eigenvalue weighted by atomic mass is 31.1. The number of H-pyrrole nitrogens is 1. The molecule has 0 radical (unpaired) electrons. The lowest BCUT2D eigenvalue weighted by Gasteiger charge is -2.28. The number of ether oxygens (including phenoxy) is 1. The summed E-state index contributed by atoms with van der Waals surface area (Å²) in [5.74, 6) is 0.0940. The van der Waals surface area contributed by atoms with Crippen LogP contribution >= 0.6 is 7.92 Å². The van der Waals surface area contributed by atoms with Crippen LogP contribution in [0.15, 0.2) is 81.1 Å². The first-order valence-electron chi connectivity index (χ1n) is 21.9. The van der Waals surface area contributed by atoms with Crippen molar-refractivity contribution >= 4 is 35.7 Å². The molecule has 1 saturated carbocycles. The number of fused-ring (bicyclic) bond motifs is 2. The molecule has 1 amide bonds. The number of benzene rings is 3. The summed E-state index contributed by atoms with van der Waals surface area (Å²) in [5, 5.41) is 14.8. The average molecular weight is 872 g/mol. The standard InChI is InChI=1S/C47H51FN9O5P/c1-6-63(7-2)40-11-9-33(26-37(40)49-5)54-18-19-55(46(54)60)42-35-27-53(17-12-36(35)51-57(42)34-22-28(3)41(48)29(4)23-34)43(58)39-25-32-24-31(30-13-20-61-21-14-30)8-10-38(32)56(39)47(15-16-47)44-50-45(59)62-52-44/h8-11,18-19,22-26,30,49H,6-7,12-17,20-21,27H2,1-5H3,(H,50,52,59). The quantitative estimate of drug-likeness (QED) is 0.132. The van der Waals surface area contributed by atoms with Crippen LogP contribution < -0.4 is 22.1 Å². The molecule has 2 aliphatic heterocycles. The summed E-state index contributed by atoms with van der Waals surface area (Å²) < 4.78 is 32.7. The average Bonchev–Trinajstić information content (AvgIpc) is 3.57. The van der Waals surface area contributed by atoms with Gasteiger partial charge in [0.15, 0.2) is 5.82 Å². The Morgan fingerprint density at radius 2 is 1.71 bits per heavy atom. The number of carbonyl (C=O) groups excluding carboxylic acids is 1. The molecule has 10 rings (SSSR count). The van der Waals surface area contributed by atoms with Crippen molar-refractivity contribution in [3.8, 4) is 17.2 Å². The second-order valence-electron chi connectivity index (χ2n) is 17.0. The van der Waals surface area contributed by atoms with E-state index in [0.717, 1.165) is 58.7 Å². The molecule has 14 nitrogen and oxygen atoms in total. The molecular weight excluding hydrogens is 821 g/mol. The molecule has 0 bridgehead atoms. The highest BCUT2D eigenvalue weighted by molar-refractivity contribution is 7.65. The maximum Gasteiger partial charge on any atom is 0.438 e. The first-order valence-corrected chi connectivity index (χ1v) is 23.6. The number of halogens is 1. The summed E-state index contributed by atoms with van der Waals surface area (Å²) in [4.78, 5) is 46.8. The summed E-state index contributed by atoms with van der Waals surface area (Å²) in [6.07, 6.45) is 9.24. The lowest BCUT2D eigenvalue weighted by atomic mass is 9.91. The number of hydrogen-bond donors (Lipinski definition) is 2. The second-order valence-corrected chi connectivity index (χ2v) is 19.8. The first-order chi connectivity index (χ1) is 30.5. The molecule has 2 fully saturated rings. The number of carbonyl (C=O) groups is 1. The number of nitrogens with zero attached hydrogens (tertiary/aromatic N) is 7. The summed E-state index contributed by atoms with van der Waals surface area (Å²) in [6.45, 7) is 9.83. The molecule has 3 aliphatic rings. The third kappa shape index (κ3) is 6.87. The van der Waals surface area contributed by atoms with Crippen LogP contribution in [0.3, 0.4) is 0 Å². The molecule has 0 atom stereocenters. The van der Waals surface area contributed by atoms with Crippen molar-refractivity contribution in [2.75, 3.05) is 44.4 Å². The molecule has 6 heterocycles. The van der Waals surface area contributed by atoms with Gasteiger partial charge in [0.1, 0.15) is 22.9 Å². The number of aromatic nitrogens is 7. The van der Waals surface area contributed by atoms with Crippen LogP contribution in [0, 0.1) is 19.7 Å². The molecule has 326 valence electrons. The minimum atomic E-state index is -0.759. The minimum absolute atomic E-state index is 0.166. The van der Waals surface area contributed by atoms with E-state index in [0.29, 0.717) is 79.1 Å². The number of hydrogen-bond acceptors (Lipinski definition) is 8. The van der Waals surface area contributed by atoms with Gasteiger partial charge < -0.3 is 19.5 Å². The number of aromatic amines is 1. The number of amides is 1. The van der Waals surface area contributed by atoms with Gasteiger partial charge in [-0.25, -0.2) is 18.7 Å². The zero-order chi connectivity index (χ0) is 43.7. The topological polar surface area (TPSA) is 150 Å². The summed E-state index contributed by atoms with van der Waals surface area (Å²) in [6, 6.07) is 18.0. The van der Waals surface area contributed by atoms with Crippen molar-refractivity contribution in [2.45, 2.75) is 77.8 Å². The van der Waals surface area contributed by atoms with Crippen LogP contribution in [0.25, 0.3) is 28.1 Å². The van der Waals surface area contributed by atoms with Gasteiger partial charge in [-0.1, -0.05) is 39.1 Å². The fourth-order valence-corrected chi connectivity index (χ4v) is 11.8. The highest BCUT2D eigenvalue weighted by Gasteiger charge is 2.52. The van der Waals surface area contributed by atoms with Crippen molar-refractivity contribution in [3.05, 3.63) is 133 Å². The zero-order valence-corrected chi connectivity index (χ0v) is 37.1. The molecule has 16 heteroatoms. The maximum atomic E-state index is 15.2. The highest BCUT2D eigenvalue weighted by Crippen LogP contribution is 2.51. The van der Waals surface area contributed by atoms with E-state index < -0.39 is 11.3 Å². The van der Waals surface area contributed by atoms with Gasteiger partial charge in [0.25, 0.3) is 5.91 Å². The van der Waals surface area contributed by atoms with Crippen molar-refractivity contribution < 1.29 is 18.4 Å². The smallest absolute Gasteiger partial charge is 0.388 e. The lowest BCUT2D eigenvalue weighted by molar-refractivity contribution is 0.0721. The van der Waals surface area contributed by atoms with E-state index in [1.165, 1.54) is 10.9 Å². The Morgan fingerprint density at radius 1 is 0.968 bits per heavy atom. The number of anilines is 1. The van der Waals surface area contributed by atoms with Crippen molar-refractivity contribution in [1.29, 1.82) is 0 Å². The number of aryl methyl sites for hydroxylation is 2. The molecule has 0 unspecified atom stereocenters. The van der Waals surface area contributed by atoms with E-state index in [1.54, 1.807) is 52.2 Å². The Labute approximate surface area is 364 Å². The van der Waals surface area contributed by atoms with E-state index in [-0.39, 0.29) is 31.9 Å². The largest absolute Gasteiger partial charge is 0.438 e. The van der Waals surface area contributed by atoms with E-state index >= 15 is 9.18 Å². The lowest BCUT2D eigenvalue weighted by Crippen LogP contribution is -2.38. The third-order valence-electron chi connectivity index (χ3n) is 13.4. The monoisotopic (exact) mass is 871 g/mol. The summed E-state index contributed by atoms with van der Waals surface area (Å²) in [7, 11) is 1.56. The van der Waals surface area contributed by atoms with Gasteiger partial charge in [0, 0.05) is 67.8 Å². The van der Waals surface area contributed by atoms with Crippen molar-refractivity contribution in [2.24, 2.45) is 0 Å². The fraction of sp³-hybridized carbons (Fsp3) is 0.383. The Bertz CT molecular complexity index is 3010. The molecule has 1 saturated heterocycles. The number of imidazole rings is 1. The van der Waals surface area contributed by atoms with Crippen LogP contribution in [0.4, 0.5) is 10.1 Å². The summed E-state index contributed by atoms with van der Waals surface area (Å²) >= 11 is 0. The van der Waals surface area contributed by atoms with Gasteiger partial charge in [-0.2, -0.15) is 5.10 Å². The molecule has 63 heavy (non-hydrogen) atoms. The predicted molar refractivity (Wildman–Crippen MR) is 242 cm³/mol. The van der Waals surface area contributed by atoms with E-state index in [2.05, 4.69) is 53.6 Å². The van der Waals surface area contributed by atoms with Crippen LogP contribution in [-0.4, -0.2) is 83.6 Å². The van der Waals surface area contributed by atoms with Gasteiger partial charge in [-0.15, -0.1) is 0 Å². The Balaban J connectivity index is 1.08. The van der Waals surface area contributed by atoms with E-state index in [4.69, 9.17) is 14.4 Å². The van der Waals surface area contributed by atoms with Gasteiger partial charge in [-0.05, 0) is 122 Å². The molecule has 2 N–H and O–H groups in total. The van der Waals surface area contributed by atoms with Gasteiger partial charge in [0.2, 0.25) is 0 Å². The van der Waals surface area contributed by atoms with Gasteiger partial charge in [-0.3, -0.25) is 23.4 Å². The van der Waals surface area contributed by atoms with Gasteiger partial charge >= 0.3 is 11.4 Å². The maximum absolute atomic E-state index is 15.2. The number of rotatable bonds is 11. The van der Waals surface area contributed by atoms with Crippen molar-refractivity contribution in [3.63, 3.8) is 0 Å². The minimum Gasteiger partial charge on any atom is -0.388 e. The van der Waals surface area contributed by atoms with Gasteiger partial charge in [0.05, 0.1) is 23.6 Å². The molecule has 3 aromatic carbocycles. The molecule has 1 aliphatic carbocycles. The fourth-order valence-electron chi connectivity index (χ4n) is 9.87. The molecule has 0 spiro atoms. The predicted octanol–water partition coefficient (Wildman–Crippen LogP) is 7.02. The SMILES string of the molecule is CCP(CC)c1ccc(-n2ccn(-c3c4c(nn3-c3cc(C)c(F)c(C)c3)CCN(C(=O)c3cc5cc(C6CCOCC6)ccc5n3C3(c5noc(=O)[nH]5)CC3)C4)c2=O)cc1NC. The Kier molecular flexibility index (Phi) is 10.4. The Morgan fingerprint density at radius 3 is 2.40 bits per heavy atom. The molecule has 4 aromatic heterocycles. The summed E-state index contributed by atoms with van der Waals surface area (Å²) in [5.41, 5.74) is 6.20. The normalized spacial score (nSPS) is 16.3.